The van der Waals surface area contributed by atoms with E-state index in [-0.39, 0.29) is 0 Å². The molecule has 0 aromatic rings. The van der Waals surface area contributed by atoms with E-state index in [2.05, 4.69) is 16.5 Å². The predicted octanol–water partition coefficient (Wildman–Crippen LogP) is 3.27. The Morgan fingerprint density at radius 1 is 0.846 bits per heavy atom. The van der Waals surface area contributed by atoms with Gasteiger partial charge in [-0.2, -0.15) is 0 Å². The Kier molecular flexibility index (Phi) is 5.81. The van der Waals surface area contributed by atoms with Crippen LogP contribution in [0.3, 0.4) is 0 Å². The molecule has 2 fully saturated rings. The third kappa shape index (κ3) is 3.47. The first-order chi connectivity index (χ1) is 6.47. The third-order valence-corrected chi connectivity index (χ3v) is 3.23. The fraction of sp³-hybridized carbons (Fsp3) is 1.00. The van der Waals surface area contributed by atoms with Gasteiger partial charge in [-0.1, -0.05) is 19.3 Å². The molecule has 0 aromatic heterocycles. The van der Waals surface area contributed by atoms with Crippen LogP contribution < -0.4 is 0 Å². The molecule has 1 saturated carbocycles. The van der Waals surface area contributed by atoms with Crippen LogP contribution in [0.4, 0.5) is 0 Å². The highest BCUT2D eigenvalue weighted by Crippen LogP contribution is 2.25. The van der Waals surface area contributed by atoms with Crippen LogP contribution >= 0.6 is 11.6 Å². The molecule has 0 radical (unpaired) electrons. The molecule has 0 spiro atoms. The van der Waals surface area contributed by atoms with E-state index in [1.54, 1.807) is 0 Å². The van der Waals surface area contributed by atoms with Crippen molar-refractivity contribution in [1.29, 1.82) is 0 Å². The van der Waals surface area contributed by atoms with Crippen molar-refractivity contribution < 1.29 is 0 Å². The fourth-order valence-electron chi connectivity index (χ4n) is 2.55. The summed E-state index contributed by atoms with van der Waals surface area (Å²) in [4.78, 5) is 2.72. The minimum absolute atomic E-state index is 0.978. The molecule has 0 aromatic carbocycles. The van der Waals surface area contributed by atoms with Crippen LogP contribution in [0, 0.1) is 0 Å². The fourth-order valence-corrected chi connectivity index (χ4v) is 2.55. The van der Waals surface area contributed by atoms with Gasteiger partial charge in [-0.3, -0.25) is 0 Å². The summed E-state index contributed by atoms with van der Waals surface area (Å²) in [6.45, 7) is 2.79. The minimum Gasteiger partial charge on any atom is -0.300 e. The Bertz CT molecular complexity index is 115. The van der Waals surface area contributed by atoms with Gasteiger partial charge in [0.2, 0.25) is 0 Å². The average molecular weight is 204 g/mol. The predicted molar refractivity (Wildman–Crippen MR) is 59.5 cm³/mol. The molecule has 0 bridgehead atoms. The van der Waals surface area contributed by atoms with Crippen LogP contribution in [0.5, 0.6) is 0 Å². The van der Waals surface area contributed by atoms with Gasteiger partial charge in [-0.15, -0.1) is 11.6 Å². The average Bonchev–Trinajstić information content (AvgIpc) is 2.75. The van der Waals surface area contributed by atoms with E-state index in [4.69, 9.17) is 0 Å². The summed E-state index contributed by atoms with van der Waals surface area (Å²) in [6, 6.07) is 0.978. The van der Waals surface area contributed by atoms with E-state index in [9.17, 15) is 0 Å². The van der Waals surface area contributed by atoms with Crippen molar-refractivity contribution in [2.24, 2.45) is 0 Å². The van der Waals surface area contributed by atoms with Crippen LogP contribution in [-0.4, -0.2) is 30.4 Å². The standard InChI is InChI=1S/C10H19N.CH3Cl/c1-2-6-10(7-3-1)11-8-4-5-9-11;1-2/h10H,1-9H2;1H3. The molecule has 1 nitrogen and oxygen atoms in total. The lowest BCUT2D eigenvalue weighted by molar-refractivity contribution is 0.191. The van der Waals surface area contributed by atoms with Crippen LogP contribution in [-0.2, 0) is 0 Å². The number of likely N-dealkylation sites (tertiary alicyclic amines) is 1. The number of alkyl halides is 1. The van der Waals surface area contributed by atoms with Crippen molar-refractivity contribution in [1.82, 2.24) is 4.90 Å². The first-order valence-corrected chi connectivity index (χ1v) is 6.34. The van der Waals surface area contributed by atoms with Crippen LogP contribution in [0.1, 0.15) is 44.9 Å². The Hall–Kier alpha value is 0.250. The highest BCUT2D eigenvalue weighted by Gasteiger charge is 2.22. The zero-order valence-electron chi connectivity index (χ0n) is 8.77. The molecule has 1 heterocycles. The summed E-state index contributed by atoms with van der Waals surface area (Å²) in [5.41, 5.74) is 0. The quantitative estimate of drug-likeness (QED) is 0.592. The maximum absolute atomic E-state index is 4.64. The number of nitrogens with zero attached hydrogens (tertiary/aromatic N) is 1. The molecule has 0 N–H and O–H groups in total. The summed E-state index contributed by atoms with van der Waals surface area (Å²) in [5.74, 6) is 0. The number of hydrogen-bond acceptors (Lipinski definition) is 1. The second kappa shape index (κ2) is 6.67. The van der Waals surface area contributed by atoms with Gasteiger partial charge in [0.15, 0.2) is 0 Å². The monoisotopic (exact) mass is 203 g/mol. The zero-order valence-corrected chi connectivity index (χ0v) is 9.52. The van der Waals surface area contributed by atoms with E-state index < -0.39 is 0 Å². The Balaban J connectivity index is 0.000000396. The van der Waals surface area contributed by atoms with Gasteiger partial charge in [0, 0.05) is 12.4 Å². The normalized spacial score (nSPS) is 25.4. The molecule has 2 rings (SSSR count). The third-order valence-electron chi connectivity index (χ3n) is 3.23. The van der Waals surface area contributed by atoms with Gasteiger partial charge in [0.1, 0.15) is 0 Å². The van der Waals surface area contributed by atoms with Crippen LogP contribution in [0.25, 0.3) is 0 Å². The van der Waals surface area contributed by atoms with Gasteiger partial charge in [0.05, 0.1) is 0 Å². The van der Waals surface area contributed by atoms with E-state index in [0.717, 1.165) is 6.04 Å². The number of halogens is 1. The summed E-state index contributed by atoms with van der Waals surface area (Å²) in [7, 11) is 0. The van der Waals surface area contributed by atoms with Crippen LogP contribution in [0.2, 0.25) is 0 Å². The molecular weight excluding hydrogens is 182 g/mol. The van der Waals surface area contributed by atoms with Crippen molar-refractivity contribution in [3.63, 3.8) is 0 Å². The molecular formula is C11H22ClN. The second-order valence-corrected chi connectivity index (χ2v) is 4.03. The minimum atomic E-state index is 0.978. The molecule has 0 amide bonds. The lowest BCUT2D eigenvalue weighted by Crippen LogP contribution is -2.34. The SMILES string of the molecule is C1CCC(N2CCCC2)CC1.CCl. The van der Waals surface area contributed by atoms with Crippen molar-refractivity contribution in [3.05, 3.63) is 0 Å². The first kappa shape index (κ1) is 11.3. The summed E-state index contributed by atoms with van der Waals surface area (Å²) in [6.07, 6.45) is 11.8. The highest BCUT2D eigenvalue weighted by atomic mass is 35.5. The Morgan fingerprint density at radius 2 is 1.38 bits per heavy atom. The molecule has 1 aliphatic heterocycles. The Labute approximate surface area is 87.4 Å². The van der Waals surface area contributed by atoms with Gasteiger partial charge < -0.3 is 4.90 Å². The summed E-state index contributed by atoms with van der Waals surface area (Å²) < 4.78 is 0. The summed E-state index contributed by atoms with van der Waals surface area (Å²) >= 11 is 4.64. The topological polar surface area (TPSA) is 3.24 Å². The van der Waals surface area contributed by atoms with Gasteiger partial charge in [0.25, 0.3) is 0 Å². The molecule has 1 saturated heterocycles. The van der Waals surface area contributed by atoms with Gasteiger partial charge in [-0.25, -0.2) is 0 Å². The van der Waals surface area contributed by atoms with E-state index in [1.165, 1.54) is 64.4 Å². The Morgan fingerprint density at radius 3 is 1.92 bits per heavy atom. The van der Waals surface area contributed by atoms with Crippen LogP contribution in [0.15, 0.2) is 0 Å². The molecule has 2 heteroatoms. The number of hydrogen-bond donors (Lipinski definition) is 0. The first-order valence-electron chi connectivity index (χ1n) is 5.59. The molecule has 0 unspecified atom stereocenters. The van der Waals surface area contributed by atoms with Crippen molar-refractivity contribution in [3.8, 4) is 0 Å². The van der Waals surface area contributed by atoms with E-state index in [0.29, 0.717) is 0 Å². The maximum Gasteiger partial charge on any atom is 0.0108 e. The summed E-state index contributed by atoms with van der Waals surface area (Å²) in [5, 5.41) is 0. The van der Waals surface area contributed by atoms with Crippen molar-refractivity contribution in [2.75, 3.05) is 19.5 Å². The second-order valence-electron chi connectivity index (χ2n) is 4.03. The van der Waals surface area contributed by atoms with Crippen molar-refractivity contribution >= 4 is 11.6 Å². The maximum atomic E-state index is 4.64. The smallest absolute Gasteiger partial charge is 0.0108 e. The highest BCUT2D eigenvalue weighted by molar-refractivity contribution is 6.15. The zero-order chi connectivity index (χ0) is 9.52. The van der Waals surface area contributed by atoms with Crippen molar-refractivity contribution in [2.45, 2.75) is 51.0 Å². The molecule has 0 atom stereocenters. The molecule has 1 aliphatic carbocycles. The lowest BCUT2D eigenvalue weighted by Gasteiger charge is -2.30. The van der Waals surface area contributed by atoms with E-state index >= 15 is 0 Å². The molecule has 13 heavy (non-hydrogen) atoms. The van der Waals surface area contributed by atoms with E-state index in [1.807, 2.05) is 0 Å². The lowest BCUT2D eigenvalue weighted by atomic mass is 9.94. The van der Waals surface area contributed by atoms with Gasteiger partial charge >= 0.3 is 0 Å². The molecule has 2 aliphatic rings. The largest absolute Gasteiger partial charge is 0.300 e. The van der Waals surface area contributed by atoms with Gasteiger partial charge in [-0.05, 0) is 38.8 Å². The number of rotatable bonds is 1. The molecule has 78 valence electrons.